The van der Waals surface area contributed by atoms with Gasteiger partial charge in [-0.25, -0.2) is 14.6 Å². The highest BCUT2D eigenvalue weighted by atomic mass is 32.2. The number of aromatic carboxylic acids is 1. The number of carbonyl (C=O) groups excluding carboxylic acids is 1. The monoisotopic (exact) mass is 468 g/mol. The van der Waals surface area contributed by atoms with E-state index in [-0.39, 0.29) is 34.6 Å². The van der Waals surface area contributed by atoms with Crippen LogP contribution in [0.15, 0.2) is 65.0 Å². The van der Waals surface area contributed by atoms with Gasteiger partial charge in [-0.05, 0) is 60.7 Å². The number of aromatic hydroxyl groups is 1. The smallest absolute Gasteiger partial charge is 0.344 e. The van der Waals surface area contributed by atoms with Crippen LogP contribution >= 0.6 is 11.8 Å². The van der Waals surface area contributed by atoms with Gasteiger partial charge in [-0.15, -0.1) is 6.58 Å². The first-order valence-electron chi connectivity index (χ1n) is 9.66. The van der Waals surface area contributed by atoms with Crippen LogP contribution in [-0.4, -0.2) is 55.9 Å². The minimum atomic E-state index is -1.27. The van der Waals surface area contributed by atoms with Crippen LogP contribution in [0.5, 0.6) is 11.5 Å². The molecule has 3 N–H and O–H groups in total. The maximum absolute atomic E-state index is 13.0. The molecule has 0 saturated carbocycles. The molecule has 170 valence electrons. The van der Waals surface area contributed by atoms with Crippen molar-refractivity contribution in [3.63, 3.8) is 0 Å². The molecule has 3 rings (SSSR count). The van der Waals surface area contributed by atoms with Crippen LogP contribution in [0.3, 0.4) is 0 Å². The maximum atomic E-state index is 13.0. The summed E-state index contributed by atoms with van der Waals surface area (Å²) in [7, 11) is 0. The number of phenolic OH excluding ortho intramolecular Hbond substituents is 1. The van der Waals surface area contributed by atoms with Crippen LogP contribution < -0.4 is 4.74 Å². The van der Waals surface area contributed by atoms with E-state index < -0.39 is 18.0 Å². The second kappa shape index (κ2) is 10.0. The van der Waals surface area contributed by atoms with E-state index >= 15 is 0 Å². The normalized spacial score (nSPS) is 16.8. The molecule has 0 radical (unpaired) electrons. The average Bonchev–Trinajstić information content (AvgIpc) is 3.04. The van der Waals surface area contributed by atoms with Crippen molar-refractivity contribution in [1.29, 1.82) is 0 Å². The van der Waals surface area contributed by atoms with Crippen LogP contribution in [0.4, 0.5) is 5.69 Å². The number of carboxylic acids is 2. The largest absolute Gasteiger partial charge is 0.508 e. The second-order valence-electron chi connectivity index (χ2n) is 6.89. The Bertz CT molecular complexity index is 1190. The molecule has 1 saturated heterocycles. The number of aliphatic carboxylic acids is 1. The number of phenols is 1. The summed E-state index contributed by atoms with van der Waals surface area (Å²) in [5.41, 5.74) is 0.490. The standard InChI is InChI=1S/C23H20N2O7S/c1-3-9-25-20(27)19(11-14-5-4-6-16(10-14)32-13(2)21(28)29)33-23(25)24-18-8-7-15(26)12-17(18)22(30)31/h3-8,10-13,26H,1,9H2,2H3,(H,28,29)(H,30,31)/b19-11-,24-23?. The second-order valence-corrected chi connectivity index (χ2v) is 7.90. The van der Waals surface area contributed by atoms with E-state index in [9.17, 15) is 24.6 Å². The molecular formula is C23H20N2O7S. The Morgan fingerprint density at radius 1 is 1.24 bits per heavy atom. The van der Waals surface area contributed by atoms with Gasteiger partial charge in [0.2, 0.25) is 0 Å². The summed E-state index contributed by atoms with van der Waals surface area (Å²) in [6, 6.07) is 10.4. The molecule has 1 heterocycles. The van der Waals surface area contributed by atoms with Crippen LogP contribution in [0.25, 0.3) is 6.08 Å². The molecule has 1 unspecified atom stereocenters. The number of rotatable bonds is 8. The fraction of sp³-hybridized carbons (Fsp3) is 0.130. The number of benzene rings is 2. The first kappa shape index (κ1) is 23.6. The van der Waals surface area contributed by atoms with Crippen molar-refractivity contribution in [3.8, 4) is 11.5 Å². The Balaban J connectivity index is 1.96. The highest BCUT2D eigenvalue weighted by Crippen LogP contribution is 2.35. The summed E-state index contributed by atoms with van der Waals surface area (Å²) < 4.78 is 5.37. The summed E-state index contributed by atoms with van der Waals surface area (Å²) >= 11 is 1.06. The van der Waals surface area contributed by atoms with E-state index in [4.69, 9.17) is 9.84 Å². The highest BCUT2D eigenvalue weighted by molar-refractivity contribution is 8.18. The van der Waals surface area contributed by atoms with Crippen molar-refractivity contribution in [1.82, 2.24) is 4.90 Å². The van der Waals surface area contributed by atoms with Gasteiger partial charge in [0.05, 0.1) is 16.2 Å². The van der Waals surface area contributed by atoms with E-state index in [1.165, 1.54) is 30.0 Å². The van der Waals surface area contributed by atoms with Gasteiger partial charge in [0.1, 0.15) is 11.5 Å². The SMILES string of the molecule is C=CCN1C(=O)/C(=C/c2cccc(OC(C)C(=O)O)c2)SC1=Nc1ccc(O)cc1C(=O)O. The highest BCUT2D eigenvalue weighted by Gasteiger charge is 2.33. The molecule has 2 aromatic rings. The Labute approximate surface area is 193 Å². The molecule has 1 amide bonds. The average molecular weight is 468 g/mol. The first-order valence-corrected chi connectivity index (χ1v) is 10.5. The zero-order chi connectivity index (χ0) is 24.1. The lowest BCUT2D eigenvalue weighted by atomic mass is 10.2. The molecule has 2 aromatic carbocycles. The molecule has 1 aliphatic heterocycles. The Kier molecular flexibility index (Phi) is 7.19. The number of thioether (sulfide) groups is 1. The number of amides is 1. The van der Waals surface area contributed by atoms with E-state index in [1.54, 1.807) is 30.3 Å². The third-order valence-corrected chi connectivity index (χ3v) is 5.45. The summed E-state index contributed by atoms with van der Waals surface area (Å²) in [6.07, 6.45) is 2.10. The minimum absolute atomic E-state index is 0.0870. The summed E-state index contributed by atoms with van der Waals surface area (Å²) in [4.78, 5) is 41.6. The Hall–Kier alpha value is -4.05. The van der Waals surface area contributed by atoms with Crippen LogP contribution in [-0.2, 0) is 9.59 Å². The molecule has 1 fully saturated rings. The van der Waals surface area contributed by atoms with Gasteiger partial charge in [-0.1, -0.05) is 18.2 Å². The van der Waals surface area contributed by atoms with Gasteiger partial charge in [0.25, 0.3) is 5.91 Å². The number of hydrogen-bond donors (Lipinski definition) is 3. The lowest BCUT2D eigenvalue weighted by molar-refractivity contribution is -0.144. The van der Waals surface area contributed by atoms with Gasteiger partial charge in [0.15, 0.2) is 11.3 Å². The predicted molar refractivity (Wildman–Crippen MR) is 124 cm³/mol. The van der Waals surface area contributed by atoms with Crippen molar-refractivity contribution in [2.24, 2.45) is 4.99 Å². The summed E-state index contributed by atoms with van der Waals surface area (Å²) in [5, 5.41) is 28.3. The zero-order valence-corrected chi connectivity index (χ0v) is 18.3. The van der Waals surface area contributed by atoms with Crippen molar-refractivity contribution >= 4 is 46.5 Å². The third-order valence-electron chi connectivity index (χ3n) is 4.44. The fourth-order valence-corrected chi connectivity index (χ4v) is 3.86. The molecule has 33 heavy (non-hydrogen) atoms. The van der Waals surface area contributed by atoms with Crippen LogP contribution in [0, 0.1) is 0 Å². The molecule has 0 spiro atoms. The number of amidine groups is 1. The van der Waals surface area contributed by atoms with E-state index in [0.29, 0.717) is 16.2 Å². The number of carbonyl (C=O) groups is 3. The Morgan fingerprint density at radius 3 is 2.67 bits per heavy atom. The molecule has 0 bridgehead atoms. The lowest BCUT2D eigenvalue weighted by Crippen LogP contribution is -2.29. The topological polar surface area (TPSA) is 137 Å². The predicted octanol–water partition coefficient (Wildman–Crippen LogP) is 3.73. The molecule has 1 aliphatic rings. The maximum Gasteiger partial charge on any atom is 0.344 e. The quantitative estimate of drug-likeness (QED) is 0.394. The van der Waals surface area contributed by atoms with Crippen molar-refractivity contribution < 1.29 is 34.4 Å². The van der Waals surface area contributed by atoms with E-state index in [2.05, 4.69) is 11.6 Å². The van der Waals surface area contributed by atoms with Crippen molar-refractivity contribution in [3.05, 3.63) is 71.2 Å². The molecule has 0 aliphatic carbocycles. The number of ether oxygens (including phenoxy) is 1. The fourth-order valence-electron chi connectivity index (χ4n) is 2.86. The summed E-state index contributed by atoms with van der Waals surface area (Å²) in [6.45, 7) is 5.22. The number of aliphatic imine (C=N–C) groups is 1. The van der Waals surface area contributed by atoms with Crippen LogP contribution in [0.1, 0.15) is 22.8 Å². The van der Waals surface area contributed by atoms with Gasteiger partial charge < -0.3 is 20.1 Å². The van der Waals surface area contributed by atoms with Crippen LogP contribution in [0.2, 0.25) is 0 Å². The molecule has 9 nitrogen and oxygen atoms in total. The molecule has 1 atom stereocenters. The van der Waals surface area contributed by atoms with Crippen molar-refractivity contribution in [2.75, 3.05) is 6.54 Å². The molecule has 10 heteroatoms. The van der Waals surface area contributed by atoms with Gasteiger partial charge in [0, 0.05) is 6.54 Å². The number of nitrogens with zero attached hydrogens (tertiary/aromatic N) is 2. The van der Waals surface area contributed by atoms with Crippen molar-refractivity contribution in [2.45, 2.75) is 13.0 Å². The lowest BCUT2D eigenvalue weighted by Gasteiger charge is -2.13. The number of hydrogen-bond acceptors (Lipinski definition) is 7. The minimum Gasteiger partial charge on any atom is -0.508 e. The van der Waals surface area contributed by atoms with E-state index in [0.717, 1.165) is 17.8 Å². The van der Waals surface area contributed by atoms with Gasteiger partial charge in [-0.3, -0.25) is 9.69 Å². The van der Waals surface area contributed by atoms with E-state index in [1.807, 2.05) is 0 Å². The molecule has 0 aromatic heterocycles. The Morgan fingerprint density at radius 2 is 2.00 bits per heavy atom. The summed E-state index contributed by atoms with van der Waals surface area (Å²) in [5.74, 6) is -2.59. The third kappa shape index (κ3) is 5.60. The molecular weight excluding hydrogens is 448 g/mol. The number of carboxylic acid groups (broad SMARTS) is 2. The van der Waals surface area contributed by atoms with Gasteiger partial charge >= 0.3 is 11.9 Å². The zero-order valence-electron chi connectivity index (χ0n) is 17.5. The first-order chi connectivity index (χ1) is 15.7. The van der Waals surface area contributed by atoms with Gasteiger partial charge in [-0.2, -0.15) is 0 Å².